The van der Waals surface area contributed by atoms with Crippen LogP contribution in [0.15, 0.2) is 37.0 Å². The Morgan fingerprint density at radius 3 is 1.81 bits per heavy atom. The SMILES string of the molecule is C=CC(CC)C(=O)N[C@@H](CCC)C(=O)/C=C/C=C/[C@@H](CC)C(=O)N[C@@H](CCC)C(C)=O. The Labute approximate surface area is 187 Å². The van der Waals surface area contributed by atoms with Crippen molar-refractivity contribution in [1.29, 1.82) is 0 Å². The van der Waals surface area contributed by atoms with Crippen molar-refractivity contribution in [3.05, 3.63) is 37.0 Å². The average molecular weight is 433 g/mol. The summed E-state index contributed by atoms with van der Waals surface area (Å²) >= 11 is 0. The molecular formula is C25H40N2O4. The number of amides is 2. The smallest absolute Gasteiger partial charge is 0.227 e. The first kappa shape index (κ1) is 28.5. The second kappa shape index (κ2) is 16.2. The Bertz CT molecular complexity index is 666. The molecule has 4 atom stereocenters. The summed E-state index contributed by atoms with van der Waals surface area (Å²) in [4.78, 5) is 48.9. The summed E-state index contributed by atoms with van der Waals surface area (Å²) in [7, 11) is 0. The molecule has 0 aromatic rings. The third-order valence-electron chi connectivity index (χ3n) is 5.17. The fourth-order valence-corrected chi connectivity index (χ4v) is 3.13. The Kier molecular flexibility index (Phi) is 14.9. The highest BCUT2D eigenvalue weighted by Gasteiger charge is 2.22. The summed E-state index contributed by atoms with van der Waals surface area (Å²) in [6, 6.07) is -1.04. The van der Waals surface area contributed by atoms with E-state index in [1.807, 2.05) is 27.7 Å². The Balaban J connectivity index is 5.02. The zero-order valence-electron chi connectivity index (χ0n) is 19.8. The van der Waals surface area contributed by atoms with Gasteiger partial charge in [0.05, 0.1) is 23.9 Å². The van der Waals surface area contributed by atoms with Crippen LogP contribution in [0.2, 0.25) is 0 Å². The number of rotatable bonds is 16. The van der Waals surface area contributed by atoms with Crippen molar-refractivity contribution in [2.24, 2.45) is 11.8 Å². The Morgan fingerprint density at radius 1 is 0.806 bits per heavy atom. The van der Waals surface area contributed by atoms with Gasteiger partial charge in [-0.2, -0.15) is 0 Å². The molecule has 0 aromatic carbocycles. The molecule has 2 N–H and O–H groups in total. The fourth-order valence-electron chi connectivity index (χ4n) is 3.13. The van der Waals surface area contributed by atoms with Gasteiger partial charge in [-0.05, 0) is 38.7 Å². The lowest BCUT2D eigenvalue weighted by atomic mass is 10.0. The number of carbonyl (C=O) groups is 4. The van der Waals surface area contributed by atoms with Gasteiger partial charge >= 0.3 is 0 Å². The van der Waals surface area contributed by atoms with E-state index in [2.05, 4.69) is 17.2 Å². The van der Waals surface area contributed by atoms with E-state index in [0.29, 0.717) is 25.7 Å². The molecule has 1 unspecified atom stereocenters. The predicted molar refractivity (Wildman–Crippen MR) is 125 cm³/mol. The number of carbonyl (C=O) groups excluding carboxylic acids is 4. The standard InChI is InChI=1S/C25H40N2O4/c1-7-14-21(18(6)28)26-25(31)20(11-5)16-12-13-17-23(29)22(15-8-2)27-24(30)19(9-3)10-4/h9,12-13,16-17,19-22H,3,7-8,10-11,14-15H2,1-2,4-6H3,(H,26,31)(H,27,30)/b16-12+,17-13+/t19?,20-,21+,22+/m1/s1. The van der Waals surface area contributed by atoms with Gasteiger partial charge in [0, 0.05) is 0 Å². The van der Waals surface area contributed by atoms with Gasteiger partial charge in [-0.3, -0.25) is 19.2 Å². The van der Waals surface area contributed by atoms with Gasteiger partial charge in [0.25, 0.3) is 0 Å². The van der Waals surface area contributed by atoms with Crippen molar-refractivity contribution in [1.82, 2.24) is 10.6 Å². The molecule has 0 aliphatic heterocycles. The van der Waals surface area contributed by atoms with Gasteiger partial charge in [-0.1, -0.05) is 64.8 Å². The molecule has 0 radical (unpaired) electrons. The zero-order valence-corrected chi connectivity index (χ0v) is 19.8. The molecule has 31 heavy (non-hydrogen) atoms. The minimum atomic E-state index is -0.577. The summed E-state index contributed by atoms with van der Waals surface area (Å²) in [5.74, 6) is -1.32. The number of hydrogen-bond acceptors (Lipinski definition) is 4. The molecule has 0 aliphatic carbocycles. The fraction of sp³-hybridized carbons (Fsp3) is 0.600. The van der Waals surface area contributed by atoms with Crippen LogP contribution in [0.1, 0.15) is 73.1 Å². The maximum atomic E-state index is 12.5. The van der Waals surface area contributed by atoms with E-state index in [9.17, 15) is 19.2 Å². The predicted octanol–water partition coefficient (Wildman–Crippen LogP) is 4.07. The number of nitrogens with one attached hydrogen (secondary N) is 2. The van der Waals surface area contributed by atoms with Gasteiger partial charge in [-0.15, -0.1) is 6.58 Å². The molecule has 6 heteroatoms. The van der Waals surface area contributed by atoms with E-state index in [-0.39, 0.29) is 35.2 Å². The van der Waals surface area contributed by atoms with Crippen LogP contribution in [0.25, 0.3) is 0 Å². The van der Waals surface area contributed by atoms with Gasteiger partial charge < -0.3 is 10.6 Å². The highest BCUT2D eigenvalue weighted by Crippen LogP contribution is 2.09. The van der Waals surface area contributed by atoms with Crippen molar-refractivity contribution in [2.45, 2.75) is 85.2 Å². The van der Waals surface area contributed by atoms with Crippen LogP contribution < -0.4 is 10.6 Å². The molecule has 0 heterocycles. The normalized spacial score (nSPS) is 15.3. The van der Waals surface area contributed by atoms with Crippen LogP contribution in [0.4, 0.5) is 0 Å². The van der Waals surface area contributed by atoms with E-state index >= 15 is 0 Å². The lowest BCUT2D eigenvalue weighted by Gasteiger charge is -2.18. The van der Waals surface area contributed by atoms with Crippen LogP contribution in [0.3, 0.4) is 0 Å². The van der Waals surface area contributed by atoms with Crippen molar-refractivity contribution in [2.75, 3.05) is 0 Å². The summed E-state index contributed by atoms with van der Waals surface area (Å²) in [6.07, 6.45) is 11.9. The first-order valence-corrected chi connectivity index (χ1v) is 11.4. The highest BCUT2D eigenvalue weighted by molar-refractivity contribution is 5.97. The quantitative estimate of drug-likeness (QED) is 0.218. The van der Waals surface area contributed by atoms with Gasteiger partial charge in [0.15, 0.2) is 11.6 Å². The summed E-state index contributed by atoms with van der Waals surface area (Å²) < 4.78 is 0. The monoisotopic (exact) mass is 432 g/mol. The second-order valence-electron chi connectivity index (χ2n) is 7.72. The minimum absolute atomic E-state index is 0.0506. The highest BCUT2D eigenvalue weighted by atomic mass is 16.2. The van der Waals surface area contributed by atoms with Crippen LogP contribution in [0, 0.1) is 11.8 Å². The summed E-state index contributed by atoms with van der Waals surface area (Å²) in [6.45, 7) is 12.9. The van der Waals surface area contributed by atoms with Crippen LogP contribution in [0.5, 0.6) is 0 Å². The Morgan fingerprint density at radius 2 is 1.32 bits per heavy atom. The Hall–Kier alpha value is -2.50. The molecule has 0 rings (SSSR count). The molecule has 0 fully saturated rings. The van der Waals surface area contributed by atoms with Crippen LogP contribution in [-0.4, -0.2) is 35.5 Å². The molecule has 6 nitrogen and oxygen atoms in total. The number of Topliss-reactive ketones (excluding diaryl/α,β-unsaturated/α-hetero) is 1. The molecular weight excluding hydrogens is 392 g/mol. The molecule has 0 spiro atoms. The van der Waals surface area contributed by atoms with E-state index in [4.69, 9.17) is 0 Å². The topological polar surface area (TPSA) is 92.3 Å². The minimum Gasteiger partial charge on any atom is -0.346 e. The first-order valence-electron chi connectivity index (χ1n) is 11.4. The van der Waals surface area contributed by atoms with Crippen molar-refractivity contribution in [3.8, 4) is 0 Å². The largest absolute Gasteiger partial charge is 0.346 e. The summed E-state index contributed by atoms with van der Waals surface area (Å²) in [5.41, 5.74) is 0. The molecule has 2 amide bonds. The molecule has 0 aliphatic rings. The molecule has 0 saturated carbocycles. The number of hydrogen-bond donors (Lipinski definition) is 2. The molecule has 0 bridgehead atoms. The van der Waals surface area contributed by atoms with Gasteiger partial charge in [0.1, 0.15) is 0 Å². The maximum Gasteiger partial charge on any atom is 0.227 e. The average Bonchev–Trinajstić information content (AvgIpc) is 2.73. The molecule has 174 valence electrons. The van der Waals surface area contributed by atoms with Gasteiger partial charge in [0.2, 0.25) is 11.8 Å². The van der Waals surface area contributed by atoms with E-state index < -0.39 is 12.1 Å². The maximum absolute atomic E-state index is 12.5. The molecule has 0 aromatic heterocycles. The first-order chi connectivity index (χ1) is 14.7. The van der Waals surface area contributed by atoms with E-state index in [1.165, 1.54) is 13.0 Å². The summed E-state index contributed by atoms with van der Waals surface area (Å²) in [5, 5.41) is 5.62. The van der Waals surface area contributed by atoms with Crippen molar-refractivity contribution >= 4 is 23.4 Å². The number of ketones is 2. The van der Waals surface area contributed by atoms with Crippen molar-refractivity contribution < 1.29 is 19.2 Å². The van der Waals surface area contributed by atoms with Crippen LogP contribution >= 0.6 is 0 Å². The van der Waals surface area contributed by atoms with Crippen molar-refractivity contribution in [3.63, 3.8) is 0 Å². The third-order valence-corrected chi connectivity index (χ3v) is 5.17. The molecule has 0 saturated heterocycles. The van der Waals surface area contributed by atoms with Gasteiger partial charge in [-0.25, -0.2) is 0 Å². The third kappa shape index (κ3) is 10.9. The number of allylic oxidation sites excluding steroid dienone is 2. The zero-order chi connectivity index (χ0) is 23.8. The van der Waals surface area contributed by atoms with E-state index in [1.54, 1.807) is 24.3 Å². The van der Waals surface area contributed by atoms with Crippen LogP contribution in [-0.2, 0) is 19.2 Å². The lowest BCUT2D eigenvalue weighted by Crippen LogP contribution is -2.42. The van der Waals surface area contributed by atoms with E-state index in [0.717, 1.165) is 12.8 Å². The second-order valence-corrected chi connectivity index (χ2v) is 7.72. The lowest BCUT2D eigenvalue weighted by molar-refractivity contribution is -0.128.